The van der Waals surface area contributed by atoms with Crippen molar-refractivity contribution >= 4 is 11.8 Å². The van der Waals surface area contributed by atoms with E-state index in [1.807, 2.05) is 22.9 Å². The summed E-state index contributed by atoms with van der Waals surface area (Å²) < 4.78 is 2.02. The highest BCUT2D eigenvalue weighted by Crippen LogP contribution is 2.44. The van der Waals surface area contributed by atoms with Gasteiger partial charge in [-0.15, -0.1) is 0 Å². The monoisotopic (exact) mass is 219 g/mol. The van der Waals surface area contributed by atoms with Gasteiger partial charge in [-0.2, -0.15) is 0 Å². The SMILES string of the molecule is O=C(O)C1CCC2C(C1)C(=O)c1cccn12. The molecule has 3 rings (SSSR count). The van der Waals surface area contributed by atoms with E-state index in [9.17, 15) is 9.59 Å². The highest BCUT2D eigenvalue weighted by molar-refractivity contribution is 5.99. The lowest BCUT2D eigenvalue weighted by molar-refractivity contribution is -0.143. The molecule has 16 heavy (non-hydrogen) atoms. The number of aliphatic carboxylic acids is 1. The molecule has 84 valence electrons. The average Bonchev–Trinajstić information content (AvgIpc) is 2.83. The zero-order valence-electron chi connectivity index (χ0n) is 8.80. The van der Waals surface area contributed by atoms with Crippen molar-refractivity contribution in [3.05, 3.63) is 24.0 Å². The van der Waals surface area contributed by atoms with Crippen LogP contribution in [0.1, 0.15) is 35.8 Å². The number of aromatic nitrogens is 1. The van der Waals surface area contributed by atoms with Crippen molar-refractivity contribution in [1.29, 1.82) is 0 Å². The topological polar surface area (TPSA) is 59.3 Å². The molecule has 2 aliphatic rings. The first-order valence-electron chi connectivity index (χ1n) is 5.62. The summed E-state index contributed by atoms with van der Waals surface area (Å²) in [5.74, 6) is -1.08. The summed E-state index contributed by atoms with van der Waals surface area (Å²) in [6.07, 6.45) is 3.91. The maximum absolute atomic E-state index is 12.0. The number of carboxylic acid groups (broad SMARTS) is 1. The second-order valence-electron chi connectivity index (χ2n) is 4.69. The van der Waals surface area contributed by atoms with Gasteiger partial charge in [-0.3, -0.25) is 9.59 Å². The van der Waals surface area contributed by atoms with E-state index in [1.165, 1.54) is 0 Å². The molecule has 3 atom stereocenters. The van der Waals surface area contributed by atoms with Gasteiger partial charge in [-0.05, 0) is 31.4 Å². The van der Waals surface area contributed by atoms with Crippen molar-refractivity contribution < 1.29 is 14.7 Å². The molecular weight excluding hydrogens is 206 g/mol. The lowest BCUT2D eigenvalue weighted by Gasteiger charge is -2.29. The van der Waals surface area contributed by atoms with Crippen molar-refractivity contribution in [2.45, 2.75) is 25.3 Å². The molecule has 0 bridgehead atoms. The fourth-order valence-corrected chi connectivity index (χ4v) is 3.08. The smallest absolute Gasteiger partial charge is 0.306 e. The Morgan fingerprint density at radius 1 is 1.44 bits per heavy atom. The van der Waals surface area contributed by atoms with E-state index in [-0.39, 0.29) is 23.7 Å². The summed E-state index contributed by atoms with van der Waals surface area (Å²) in [4.78, 5) is 23.0. The van der Waals surface area contributed by atoms with Gasteiger partial charge >= 0.3 is 5.97 Å². The van der Waals surface area contributed by atoms with Crippen molar-refractivity contribution in [2.24, 2.45) is 11.8 Å². The molecule has 1 fully saturated rings. The molecule has 0 amide bonds. The molecule has 0 saturated heterocycles. The van der Waals surface area contributed by atoms with Crippen LogP contribution >= 0.6 is 0 Å². The number of fused-ring (bicyclic) bond motifs is 3. The Kier molecular flexibility index (Phi) is 1.93. The predicted octanol–water partition coefficient (Wildman–Crippen LogP) is 1.73. The number of carbonyl (C=O) groups is 2. The predicted molar refractivity (Wildman–Crippen MR) is 56.3 cm³/mol. The molecule has 0 radical (unpaired) electrons. The van der Waals surface area contributed by atoms with E-state index in [0.717, 1.165) is 12.1 Å². The van der Waals surface area contributed by atoms with Gasteiger partial charge in [-0.1, -0.05) is 0 Å². The van der Waals surface area contributed by atoms with Crippen LogP contribution in [0.15, 0.2) is 18.3 Å². The molecule has 2 heterocycles. The fraction of sp³-hybridized carbons (Fsp3) is 0.500. The van der Waals surface area contributed by atoms with Crippen molar-refractivity contribution in [3.8, 4) is 0 Å². The number of nitrogens with zero attached hydrogens (tertiary/aromatic N) is 1. The quantitative estimate of drug-likeness (QED) is 0.782. The van der Waals surface area contributed by atoms with Gasteiger partial charge in [0.2, 0.25) is 0 Å². The number of Topliss-reactive ketones (excluding diaryl/α,β-unsaturated/α-hetero) is 1. The third kappa shape index (κ3) is 1.16. The van der Waals surface area contributed by atoms with E-state index in [2.05, 4.69) is 0 Å². The van der Waals surface area contributed by atoms with Crippen LogP contribution in [-0.4, -0.2) is 21.4 Å². The minimum atomic E-state index is -0.761. The summed E-state index contributed by atoms with van der Waals surface area (Å²) in [5.41, 5.74) is 0.751. The zero-order valence-corrected chi connectivity index (χ0v) is 8.80. The largest absolute Gasteiger partial charge is 0.481 e. The number of hydrogen-bond donors (Lipinski definition) is 1. The van der Waals surface area contributed by atoms with Crippen LogP contribution in [0.5, 0.6) is 0 Å². The van der Waals surface area contributed by atoms with Crippen molar-refractivity contribution in [1.82, 2.24) is 4.57 Å². The third-order valence-electron chi connectivity index (χ3n) is 3.89. The molecule has 4 heteroatoms. The number of rotatable bonds is 1. The van der Waals surface area contributed by atoms with Crippen LogP contribution in [0, 0.1) is 11.8 Å². The van der Waals surface area contributed by atoms with Crippen LogP contribution < -0.4 is 0 Å². The van der Waals surface area contributed by atoms with Gasteiger partial charge in [0, 0.05) is 18.2 Å². The van der Waals surface area contributed by atoms with Gasteiger partial charge in [0.15, 0.2) is 5.78 Å². The van der Waals surface area contributed by atoms with Crippen LogP contribution in [0.4, 0.5) is 0 Å². The molecule has 3 unspecified atom stereocenters. The van der Waals surface area contributed by atoms with E-state index in [1.54, 1.807) is 0 Å². The van der Waals surface area contributed by atoms with Gasteiger partial charge in [0.05, 0.1) is 11.6 Å². The van der Waals surface area contributed by atoms with E-state index in [0.29, 0.717) is 12.8 Å². The Morgan fingerprint density at radius 2 is 2.25 bits per heavy atom. The van der Waals surface area contributed by atoms with Gasteiger partial charge in [0.1, 0.15) is 0 Å². The van der Waals surface area contributed by atoms with Crippen LogP contribution in [-0.2, 0) is 4.79 Å². The van der Waals surface area contributed by atoms with Crippen molar-refractivity contribution in [3.63, 3.8) is 0 Å². The van der Waals surface area contributed by atoms with Crippen LogP contribution in [0.25, 0.3) is 0 Å². The fourth-order valence-electron chi connectivity index (χ4n) is 3.08. The molecular formula is C12H13NO3. The number of carboxylic acids is 1. The number of ketones is 1. The van der Waals surface area contributed by atoms with E-state index in [4.69, 9.17) is 5.11 Å². The molecule has 0 aromatic carbocycles. The molecule has 0 spiro atoms. The lowest BCUT2D eigenvalue weighted by Crippen LogP contribution is -2.29. The molecule has 1 N–H and O–H groups in total. The Morgan fingerprint density at radius 3 is 3.00 bits per heavy atom. The summed E-state index contributed by atoms with van der Waals surface area (Å²) >= 11 is 0. The maximum atomic E-state index is 12.0. The third-order valence-corrected chi connectivity index (χ3v) is 3.89. The minimum absolute atomic E-state index is 0.106. The molecule has 1 aromatic heterocycles. The normalized spacial score (nSPS) is 32.2. The standard InChI is InChI=1S/C12H13NO3/c14-11-8-6-7(12(15)16)3-4-9(8)13-5-1-2-10(11)13/h1-2,5,7-9H,3-4,6H2,(H,15,16). The summed E-state index contributed by atoms with van der Waals surface area (Å²) in [5, 5.41) is 8.99. The summed E-state index contributed by atoms with van der Waals surface area (Å²) in [6.45, 7) is 0. The Bertz CT molecular complexity index is 463. The summed E-state index contributed by atoms with van der Waals surface area (Å²) in [6, 6.07) is 3.91. The second-order valence-corrected chi connectivity index (χ2v) is 4.69. The molecule has 1 saturated carbocycles. The molecule has 1 aliphatic carbocycles. The first-order valence-corrected chi connectivity index (χ1v) is 5.62. The van der Waals surface area contributed by atoms with Gasteiger partial charge < -0.3 is 9.67 Å². The number of carbonyl (C=O) groups excluding carboxylic acids is 1. The Labute approximate surface area is 92.9 Å². The van der Waals surface area contributed by atoms with Crippen molar-refractivity contribution in [2.75, 3.05) is 0 Å². The summed E-state index contributed by atoms with van der Waals surface area (Å²) in [7, 11) is 0. The Balaban J connectivity index is 1.91. The van der Waals surface area contributed by atoms with Gasteiger partial charge in [-0.25, -0.2) is 0 Å². The first kappa shape index (κ1) is 9.63. The van der Waals surface area contributed by atoms with Crippen LogP contribution in [0.3, 0.4) is 0 Å². The average molecular weight is 219 g/mol. The second kappa shape index (κ2) is 3.20. The molecule has 1 aromatic rings. The van der Waals surface area contributed by atoms with E-state index < -0.39 is 5.97 Å². The molecule has 4 nitrogen and oxygen atoms in total. The lowest BCUT2D eigenvalue weighted by atomic mass is 9.77. The maximum Gasteiger partial charge on any atom is 0.306 e. The number of hydrogen-bond acceptors (Lipinski definition) is 2. The minimum Gasteiger partial charge on any atom is -0.481 e. The van der Waals surface area contributed by atoms with E-state index >= 15 is 0 Å². The first-order chi connectivity index (χ1) is 7.68. The zero-order chi connectivity index (χ0) is 11.3. The highest BCUT2D eigenvalue weighted by Gasteiger charge is 2.44. The van der Waals surface area contributed by atoms with Gasteiger partial charge in [0.25, 0.3) is 0 Å². The highest BCUT2D eigenvalue weighted by atomic mass is 16.4. The molecule has 1 aliphatic heterocycles. The van der Waals surface area contributed by atoms with Crippen LogP contribution in [0.2, 0.25) is 0 Å². The Hall–Kier alpha value is -1.58.